The largest absolute Gasteiger partial charge is 1.00 e. The van der Waals surface area contributed by atoms with Crippen LogP contribution in [0.2, 0.25) is 0 Å². The molecule has 5 aromatic rings. The Balaban J connectivity index is 0.000000260. The average molecular weight is 786 g/mol. The zero-order valence-corrected chi connectivity index (χ0v) is 32.5. The van der Waals surface area contributed by atoms with Crippen LogP contribution in [0, 0.1) is 19.9 Å². The third-order valence-electron chi connectivity index (χ3n) is 7.71. The zero-order valence-electron chi connectivity index (χ0n) is 27.4. The van der Waals surface area contributed by atoms with Crippen molar-refractivity contribution < 1.29 is 48.7 Å². The molecule has 0 fully saturated rings. The van der Waals surface area contributed by atoms with Crippen molar-refractivity contribution in [2.75, 3.05) is 0 Å². The van der Waals surface area contributed by atoms with Gasteiger partial charge in [0.05, 0.1) is 0 Å². The molecular weight excluding hydrogens is 742 g/mol. The van der Waals surface area contributed by atoms with E-state index in [1.807, 2.05) is 12.2 Å². The van der Waals surface area contributed by atoms with Crippen molar-refractivity contribution in [3.8, 4) is 0 Å². The molecule has 44 heavy (non-hydrogen) atoms. The van der Waals surface area contributed by atoms with Crippen LogP contribution in [0.3, 0.4) is 0 Å². The summed E-state index contributed by atoms with van der Waals surface area (Å²) in [6.45, 7) is 17.9. The number of fused-ring (bicyclic) bond motifs is 3. The van der Waals surface area contributed by atoms with Gasteiger partial charge in [-0.1, -0.05) is 76.9 Å². The molecular formula is C41H44Cl2Hf-2. The maximum Gasteiger partial charge on any atom is -0.109 e. The SMILES string of the molecule is CC(C)(C)c1ccc2[cH-]c3ccc(C(C)(C)C)cc3c2c1.Cc1ccc([C](=[Hf+2])c2ccc(C)cc2)cc1.[C-]1=CC=CC1.[Cl-].[Cl-]. The smallest absolute Gasteiger partial charge is 0.109 e. The molecule has 0 atom stereocenters. The van der Waals surface area contributed by atoms with Gasteiger partial charge in [0, 0.05) is 0 Å². The Morgan fingerprint density at radius 1 is 0.636 bits per heavy atom. The van der Waals surface area contributed by atoms with Crippen molar-refractivity contribution in [3.63, 3.8) is 0 Å². The van der Waals surface area contributed by atoms with Crippen LogP contribution in [-0.2, 0) is 34.7 Å². The number of halogens is 2. The van der Waals surface area contributed by atoms with E-state index in [0.717, 1.165) is 30.3 Å². The third kappa shape index (κ3) is 10.0. The molecule has 5 aromatic carbocycles. The summed E-state index contributed by atoms with van der Waals surface area (Å²) in [5.74, 6) is 0. The topological polar surface area (TPSA) is 0 Å². The van der Waals surface area contributed by atoms with Gasteiger partial charge >= 0.3 is 112 Å². The van der Waals surface area contributed by atoms with Gasteiger partial charge in [-0.15, -0.1) is 46.2 Å². The number of hydrogen-bond acceptors (Lipinski definition) is 0. The van der Waals surface area contributed by atoms with E-state index in [1.165, 1.54) is 58.2 Å². The molecule has 0 N–H and O–H groups in total. The van der Waals surface area contributed by atoms with Gasteiger partial charge in [0.15, 0.2) is 0 Å². The summed E-state index contributed by atoms with van der Waals surface area (Å²) in [4.78, 5) is 0. The molecule has 3 heteroatoms. The van der Waals surface area contributed by atoms with Crippen LogP contribution in [0.1, 0.15) is 81.3 Å². The van der Waals surface area contributed by atoms with Gasteiger partial charge in [0.2, 0.25) is 0 Å². The van der Waals surface area contributed by atoms with Gasteiger partial charge < -0.3 is 24.8 Å². The third-order valence-corrected chi connectivity index (χ3v) is 9.78. The second kappa shape index (κ2) is 16.2. The van der Waals surface area contributed by atoms with Gasteiger partial charge in [-0.2, -0.15) is 6.08 Å². The normalized spacial score (nSPS) is 12.0. The predicted octanol–water partition coefficient (Wildman–Crippen LogP) is 5.04. The summed E-state index contributed by atoms with van der Waals surface area (Å²) in [5.41, 5.74) is 8.57. The van der Waals surface area contributed by atoms with Crippen LogP contribution in [-0.4, -0.2) is 3.26 Å². The van der Waals surface area contributed by atoms with E-state index in [0.29, 0.717) is 0 Å². The van der Waals surface area contributed by atoms with Gasteiger partial charge in [-0.25, -0.2) is 12.2 Å². The Kier molecular flexibility index (Phi) is 13.9. The fourth-order valence-electron chi connectivity index (χ4n) is 4.88. The van der Waals surface area contributed by atoms with Crippen molar-refractivity contribution in [1.82, 2.24) is 0 Å². The quantitative estimate of drug-likeness (QED) is 0.174. The van der Waals surface area contributed by atoms with Gasteiger partial charge in [-0.05, 0) is 10.8 Å². The molecule has 0 amide bonds. The summed E-state index contributed by atoms with van der Waals surface area (Å²) < 4.78 is 1.47. The first-order valence-corrected chi connectivity index (χ1v) is 16.7. The molecule has 0 heterocycles. The maximum absolute atomic E-state index is 2.99. The molecule has 0 radical (unpaired) electrons. The molecule has 0 bridgehead atoms. The maximum atomic E-state index is 2.99. The molecule has 0 saturated heterocycles. The first-order chi connectivity index (χ1) is 19.8. The van der Waals surface area contributed by atoms with Gasteiger partial charge in [-0.3, -0.25) is 6.08 Å². The minimum absolute atomic E-state index is 0. The number of hydrogen-bond donors (Lipinski definition) is 0. The van der Waals surface area contributed by atoms with Crippen LogP contribution in [0.15, 0.2) is 109 Å². The van der Waals surface area contributed by atoms with Crippen molar-refractivity contribution in [1.29, 1.82) is 0 Å². The van der Waals surface area contributed by atoms with Crippen LogP contribution in [0.4, 0.5) is 0 Å². The zero-order chi connectivity index (χ0) is 30.5. The second-order valence-electron chi connectivity index (χ2n) is 13.4. The Bertz CT molecular complexity index is 1590. The molecule has 0 unspecified atom stereocenters. The first kappa shape index (κ1) is 37.7. The summed E-state index contributed by atoms with van der Waals surface area (Å²) >= 11 is 1.08. The van der Waals surface area contributed by atoms with Crippen LogP contribution >= 0.6 is 0 Å². The molecule has 1 aliphatic rings. The van der Waals surface area contributed by atoms with Crippen LogP contribution in [0.5, 0.6) is 0 Å². The predicted molar refractivity (Wildman–Crippen MR) is 182 cm³/mol. The monoisotopic (exact) mass is 786 g/mol. The van der Waals surface area contributed by atoms with Crippen molar-refractivity contribution in [2.45, 2.75) is 72.6 Å². The summed E-state index contributed by atoms with van der Waals surface area (Å²) in [6, 6.07) is 33.8. The minimum Gasteiger partial charge on any atom is -1.00 e. The summed E-state index contributed by atoms with van der Waals surface area (Å²) in [6.07, 6.45) is 10.0. The minimum atomic E-state index is 0. The molecule has 0 spiro atoms. The molecule has 228 valence electrons. The molecule has 0 aliphatic heterocycles. The van der Waals surface area contributed by atoms with E-state index >= 15 is 0 Å². The Labute approximate surface area is 292 Å². The number of aryl methyl sites for hydroxylation is 2. The van der Waals surface area contributed by atoms with Crippen molar-refractivity contribution in [3.05, 3.63) is 149 Å². The Morgan fingerprint density at radius 2 is 1.05 bits per heavy atom. The summed E-state index contributed by atoms with van der Waals surface area (Å²) in [7, 11) is 0. The van der Waals surface area contributed by atoms with E-state index < -0.39 is 0 Å². The van der Waals surface area contributed by atoms with Crippen LogP contribution in [0.25, 0.3) is 21.5 Å². The van der Waals surface area contributed by atoms with Crippen molar-refractivity contribution in [2.24, 2.45) is 0 Å². The van der Waals surface area contributed by atoms with E-state index in [9.17, 15) is 0 Å². The Hall–Kier alpha value is -2.45. The summed E-state index contributed by atoms with van der Waals surface area (Å²) in [5, 5.41) is 5.49. The standard InChI is InChI=1S/C21H25.C15H14.C5H5.2ClH.Hf/c1-20(2,3)16-9-7-14-11-15-8-10-17(21(4,5)6)13-19(15)18(14)12-16;1-12-3-7-14(8-4-12)11-15-9-5-13(2)6-10-15;1-2-4-5-3-1;;;/h7-13H,1-6H3;3-10H,1-2H3;1-3H,4H2;2*1H;/q-1;;-1;;;+2/p-2. The molecule has 0 nitrogen and oxygen atoms in total. The second-order valence-corrected chi connectivity index (χ2v) is 15.2. The number of allylic oxidation sites excluding steroid dienone is 4. The molecule has 0 aromatic heterocycles. The fourth-order valence-corrected chi connectivity index (χ4v) is 6.08. The number of benzene rings is 4. The fraction of sp³-hybridized carbons (Fsp3) is 0.268. The van der Waals surface area contributed by atoms with E-state index in [-0.39, 0.29) is 35.6 Å². The molecule has 1 aliphatic carbocycles. The first-order valence-electron chi connectivity index (χ1n) is 14.9. The van der Waals surface area contributed by atoms with E-state index in [2.05, 4.69) is 159 Å². The van der Waals surface area contributed by atoms with Gasteiger partial charge in [0.25, 0.3) is 0 Å². The number of rotatable bonds is 2. The Morgan fingerprint density at radius 3 is 1.34 bits per heavy atom. The average Bonchev–Trinajstić information content (AvgIpc) is 3.64. The molecule has 0 saturated carbocycles. The van der Waals surface area contributed by atoms with Crippen LogP contribution < -0.4 is 24.8 Å². The molecule has 6 rings (SSSR count). The van der Waals surface area contributed by atoms with Gasteiger partial charge in [0.1, 0.15) is 0 Å². The van der Waals surface area contributed by atoms with Crippen molar-refractivity contribution >= 4 is 24.8 Å². The van der Waals surface area contributed by atoms with E-state index in [1.54, 1.807) is 0 Å². The van der Waals surface area contributed by atoms with E-state index in [4.69, 9.17) is 0 Å².